The van der Waals surface area contributed by atoms with Gasteiger partial charge < -0.3 is 14.9 Å². The van der Waals surface area contributed by atoms with Gasteiger partial charge in [0.05, 0.1) is 11.8 Å². The van der Waals surface area contributed by atoms with Gasteiger partial charge in [-0.3, -0.25) is 9.59 Å². The lowest BCUT2D eigenvalue weighted by Gasteiger charge is -2.07. The Labute approximate surface area is 151 Å². The first-order valence-electron chi connectivity index (χ1n) is 8.65. The fourth-order valence-corrected chi connectivity index (χ4v) is 3.27. The van der Waals surface area contributed by atoms with Crippen LogP contribution >= 0.6 is 0 Å². The van der Waals surface area contributed by atoms with Gasteiger partial charge in [-0.15, -0.1) is 0 Å². The molecule has 1 amide bonds. The second-order valence-electron chi connectivity index (χ2n) is 7.68. The molecule has 1 fully saturated rings. The number of anilines is 1. The second kappa shape index (κ2) is 6.55. The molecule has 1 saturated carbocycles. The molecule has 1 aliphatic carbocycles. The van der Waals surface area contributed by atoms with E-state index in [2.05, 4.69) is 15.5 Å². The first kappa shape index (κ1) is 18.1. The highest BCUT2D eigenvalue weighted by atomic mass is 16.5. The molecule has 7 nitrogen and oxygen atoms in total. The van der Waals surface area contributed by atoms with Crippen LogP contribution in [0.25, 0.3) is 0 Å². The molecule has 0 radical (unpaired) electrons. The van der Waals surface area contributed by atoms with Crippen molar-refractivity contribution in [1.82, 2.24) is 10.1 Å². The zero-order valence-corrected chi connectivity index (χ0v) is 15.3. The van der Waals surface area contributed by atoms with Crippen molar-refractivity contribution in [2.24, 2.45) is 17.3 Å². The number of rotatable bonds is 6. The van der Waals surface area contributed by atoms with Gasteiger partial charge in [0, 0.05) is 18.0 Å². The summed E-state index contributed by atoms with van der Waals surface area (Å²) in [5, 5.41) is 16.0. The monoisotopic (exact) mass is 357 g/mol. The maximum absolute atomic E-state index is 12.3. The van der Waals surface area contributed by atoms with Gasteiger partial charge in [-0.2, -0.15) is 4.98 Å². The highest BCUT2D eigenvalue weighted by Crippen LogP contribution is 2.58. The number of carbonyl (C=O) groups is 2. The molecule has 3 rings (SSSR count). The number of nitrogens with one attached hydrogen (secondary N) is 1. The van der Waals surface area contributed by atoms with Crippen molar-refractivity contribution in [1.29, 1.82) is 0 Å². The normalized spacial score (nSPS) is 20.8. The van der Waals surface area contributed by atoms with E-state index in [-0.39, 0.29) is 11.8 Å². The topological polar surface area (TPSA) is 105 Å². The van der Waals surface area contributed by atoms with E-state index in [1.54, 1.807) is 26.0 Å². The van der Waals surface area contributed by atoms with E-state index < -0.39 is 23.2 Å². The van der Waals surface area contributed by atoms with Gasteiger partial charge >= 0.3 is 5.97 Å². The third kappa shape index (κ3) is 3.47. The smallest absolute Gasteiger partial charge is 0.307 e. The summed E-state index contributed by atoms with van der Waals surface area (Å²) in [6, 6.07) is 7.35. The zero-order valence-electron chi connectivity index (χ0n) is 15.3. The van der Waals surface area contributed by atoms with Crippen LogP contribution in [-0.2, 0) is 16.0 Å². The van der Waals surface area contributed by atoms with Crippen molar-refractivity contribution in [3.63, 3.8) is 0 Å². The molecule has 0 saturated heterocycles. The van der Waals surface area contributed by atoms with Crippen LogP contribution in [0.1, 0.15) is 50.9 Å². The van der Waals surface area contributed by atoms with Crippen LogP contribution < -0.4 is 5.32 Å². The molecule has 138 valence electrons. The van der Waals surface area contributed by atoms with E-state index in [9.17, 15) is 14.7 Å². The molecule has 1 aliphatic rings. The minimum Gasteiger partial charge on any atom is -0.481 e. The summed E-state index contributed by atoms with van der Waals surface area (Å²) in [4.78, 5) is 27.9. The molecule has 7 heteroatoms. The van der Waals surface area contributed by atoms with E-state index in [0.29, 0.717) is 23.8 Å². The molecule has 2 atom stereocenters. The summed E-state index contributed by atoms with van der Waals surface area (Å²) in [5.74, 6) is -0.890. The van der Waals surface area contributed by atoms with Gasteiger partial charge in [0.25, 0.3) is 0 Å². The number of amides is 1. The summed E-state index contributed by atoms with van der Waals surface area (Å²) in [6.07, 6.45) is 0.543. The van der Waals surface area contributed by atoms with Crippen molar-refractivity contribution in [3.05, 3.63) is 41.5 Å². The molecule has 2 N–H and O–H groups in total. The molecule has 0 bridgehead atoms. The molecule has 0 aliphatic heterocycles. The van der Waals surface area contributed by atoms with Crippen LogP contribution in [0.2, 0.25) is 0 Å². The Morgan fingerprint density at radius 3 is 2.38 bits per heavy atom. The molecule has 1 aromatic heterocycles. The van der Waals surface area contributed by atoms with Gasteiger partial charge in [0.15, 0.2) is 5.82 Å². The number of aliphatic carboxylic acids is 1. The van der Waals surface area contributed by atoms with Crippen LogP contribution in [0.3, 0.4) is 0 Å². The van der Waals surface area contributed by atoms with E-state index in [0.717, 1.165) is 5.56 Å². The van der Waals surface area contributed by atoms with Crippen molar-refractivity contribution in [3.8, 4) is 0 Å². The van der Waals surface area contributed by atoms with Crippen molar-refractivity contribution in [2.45, 2.75) is 40.0 Å². The largest absolute Gasteiger partial charge is 0.481 e. The Bertz CT molecular complexity index is 824. The Morgan fingerprint density at radius 2 is 1.88 bits per heavy atom. The maximum Gasteiger partial charge on any atom is 0.307 e. The number of nitrogens with zero attached hydrogens (tertiary/aromatic N) is 2. The Kier molecular flexibility index (Phi) is 4.56. The molecular weight excluding hydrogens is 334 g/mol. The fraction of sp³-hybridized carbons (Fsp3) is 0.474. The molecule has 2 aromatic rings. The molecule has 0 unspecified atom stereocenters. The summed E-state index contributed by atoms with van der Waals surface area (Å²) in [5.41, 5.74) is 1.12. The van der Waals surface area contributed by atoms with Crippen molar-refractivity contribution >= 4 is 17.6 Å². The predicted molar refractivity (Wildman–Crippen MR) is 94.7 cm³/mol. The number of hydrogen-bond donors (Lipinski definition) is 2. The molecule has 1 aromatic carbocycles. The number of hydrogen-bond acceptors (Lipinski definition) is 5. The minimum absolute atomic E-state index is 0.190. The van der Waals surface area contributed by atoms with Crippen LogP contribution in [-0.4, -0.2) is 27.1 Å². The molecular formula is C19H23N3O4. The van der Waals surface area contributed by atoms with Crippen LogP contribution in [0.5, 0.6) is 0 Å². The third-order valence-corrected chi connectivity index (χ3v) is 4.94. The van der Waals surface area contributed by atoms with Gasteiger partial charge in [0.1, 0.15) is 0 Å². The number of aromatic nitrogens is 2. The fourth-order valence-electron chi connectivity index (χ4n) is 3.27. The Hall–Kier alpha value is -2.70. The first-order valence-corrected chi connectivity index (χ1v) is 8.65. The second-order valence-corrected chi connectivity index (χ2v) is 7.68. The highest BCUT2D eigenvalue weighted by Gasteiger charge is 2.65. The SMILES string of the molecule is CC(C)c1nc(Cc2ccc(NC(=O)[C@@H]3[C@H](C(=O)O)C3(C)C)cc2)no1. The number of carboxylic acid groups (broad SMARTS) is 1. The van der Waals surface area contributed by atoms with Gasteiger partial charge in [-0.05, 0) is 23.1 Å². The van der Waals surface area contributed by atoms with E-state index in [1.165, 1.54) is 0 Å². The van der Waals surface area contributed by atoms with E-state index >= 15 is 0 Å². The summed E-state index contributed by atoms with van der Waals surface area (Å²) in [6.45, 7) is 7.58. The van der Waals surface area contributed by atoms with Crippen molar-refractivity contribution < 1.29 is 19.2 Å². The number of benzene rings is 1. The minimum atomic E-state index is -0.925. The molecule has 1 heterocycles. The highest BCUT2D eigenvalue weighted by molar-refractivity contribution is 5.99. The lowest BCUT2D eigenvalue weighted by atomic mass is 10.1. The maximum atomic E-state index is 12.3. The average Bonchev–Trinajstić information content (AvgIpc) is 2.90. The number of carbonyl (C=O) groups excluding carboxylic acids is 1. The standard InChI is InChI=1S/C19H23N3O4/c1-10(2)17-21-13(22-26-17)9-11-5-7-12(8-6-11)20-16(23)14-15(18(24)25)19(14,3)4/h5-8,10,14-15H,9H2,1-4H3,(H,20,23)(H,24,25)/t14-,15+/m0/s1. The van der Waals surface area contributed by atoms with Gasteiger partial charge in [-0.1, -0.05) is 45.0 Å². The third-order valence-electron chi connectivity index (χ3n) is 4.94. The summed E-state index contributed by atoms with van der Waals surface area (Å²) >= 11 is 0. The van der Waals surface area contributed by atoms with Crippen LogP contribution in [0.15, 0.2) is 28.8 Å². The molecule has 26 heavy (non-hydrogen) atoms. The van der Waals surface area contributed by atoms with Crippen LogP contribution in [0.4, 0.5) is 5.69 Å². The number of carboxylic acids is 1. The summed E-state index contributed by atoms with van der Waals surface area (Å²) in [7, 11) is 0. The Morgan fingerprint density at radius 1 is 1.23 bits per heavy atom. The average molecular weight is 357 g/mol. The lowest BCUT2D eigenvalue weighted by Crippen LogP contribution is -2.17. The molecule has 0 spiro atoms. The zero-order chi connectivity index (χ0) is 19.1. The lowest BCUT2D eigenvalue weighted by molar-refractivity contribution is -0.140. The van der Waals surface area contributed by atoms with E-state index in [4.69, 9.17) is 4.52 Å². The Balaban J connectivity index is 1.61. The summed E-state index contributed by atoms with van der Waals surface area (Å²) < 4.78 is 5.19. The quantitative estimate of drug-likeness (QED) is 0.823. The van der Waals surface area contributed by atoms with E-state index in [1.807, 2.05) is 26.0 Å². The van der Waals surface area contributed by atoms with Gasteiger partial charge in [0.2, 0.25) is 11.8 Å². The predicted octanol–water partition coefficient (Wildman–Crippen LogP) is 3.08. The van der Waals surface area contributed by atoms with Crippen LogP contribution in [0, 0.1) is 17.3 Å². The van der Waals surface area contributed by atoms with Crippen molar-refractivity contribution in [2.75, 3.05) is 5.32 Å². The van der Waals surface area contributed by atoms with Gasteiger partial charge in [-0.25, -0.2) is 0 Å². The first-order chi connectivity index (χ1) is 12.2.